The van der Waals surface area contributed by atoms with Crippen molar-refractivity contribution in [3.63, 3.8) is 0 Å². The van der Waals surface area contributed by atoms with Crippen LogP contribution in [0.5, 0.6) is 5.88 Å². The average Bonchev–Trinajstić information content (AvgIpc) is 2.79. The minimum Gasteiger partial charge on any atom is -0.476 e. The lowest BCUT2D eigenvalue weighted by molar-refractivity contribution is 0.328. The van der Waals surface area contributed by atoms with Gasteiger partial charge in [0.1, 0.15) is 0 Å². The Kier molecular flexibility index (Phi) is 4.50. The molecule has 0 unspecified atom stereocenters. The van der Waals surface area contributed by atoms with E-state index in [2.05, 4.69) is 42.4 Å². The highest BCUT2D eigenvalue weighted by Gasteiger charge is 2.21. The van der Waals surface area contributed by atoms with Gasteiger partial charge in [-0.05, 0) is 19.1 Å². The van der Waals surface area contributed by atoms with E-state index in [9.17, 15) is 0 Å². The van der Waals surface area contributed by atoms with Crippen molar-refractivity contribution in [3.05, 3.63) is 35.8 Å². The lowest BCUT2D eigenvalue weighted by Crippen LogP contribution is -2.16. The number of aromatic nitrogens is 3. The lowest BCUT2D eigenvalue weighted by Gasteiger charge is -2.18. The van der Waals surface area contributed by atoms with E-state index >= 15 is 0 Å². The number of pyridine rings is 1. The van der Waals surface area contributed by atoms with E-state index in [0.29, 0.717) is 19.0 Å². The minimum absolute atomic E-state index is 0.0238. The van der Waals surface area contributed by atoms with Crippen LogP contribution in [-0.4, -0.2) is 21.4 Å². The van der Waals surface area contributed by atoms with Crippen molar-refractivity contribution in [2.24, 2.45) is 7.05 Å². The summed E-state index contributed by atoms with van der Waals surface area (Å²) in [6.45, 7) is 9.78. The summed E-state index contributed by atoms with van der Waals surface area (Å²) in [4.78, 5) is 4.25. The van der Waals surface area contributed by atoms with Crippen LogP contribution in [0.4, 0.5) is 5.69 Å². The zero-order valence-corrected chi connectivity index (χ0v) is 13.5. The summed E-state index contributed by atoms with van der Waals surface area (Å²) < 4.78 is 7.40. The molecular formula is C16H24N4O. The van der Waals surface area contributed by atoms with Crippen LogP contribution in [0.15, 0.2) is 24.5 Å². The van der Waals surface area contributed by atoms with Crippen molar-refractivity contribution in [2.75, 3.05) is 11.9 Å². The van der Waals surface area contributed by atoms with Gasteiger partial charge >= 0.3 is 0 Å². The lowest BCUT2D eigenvalue weighted by atomic mass is 9.89. The molecule has 0 aliphatic rings. The van der Waals surface area contributed by atoms with Crippen molar-refractivity contribution in [1.82, 2.24) is 14.8 Å². The maximum atomic E-state index is 5.53. The van der Waals surface area contributed by atoms with Crippen molar-refractivity contribution >= 4 is 5.69 Å². The first-order chi connectivity index (χ1) is 9.91. The van der Waals surface area contributed by atoms with Crippen LogP contribution in [-0.2, 0) is 19.0 Å². The molecule has 0 saturated heterocycles. The summed E-state index contributed by atoms with van der Waals surface area (Å²) in [6.07, 6.45) is 3.80. The topological polar surface area (TPSA) is 52.0 Å². The number of aryl methyl sites for hydroxylation is 1. The Morgan fingerprint density at radius 3 is 2.76 bits per heavy atom. The van der Waals surface area contributed by atoms with Gasteiger partial charge in [-0.2, -0.15) is 5.10 Å². The summed E-state index contributed by atoms with van der Waals surface area (Å²) in [7, 11) is 1.95. The Morgan fingerprint density at radius 1 is 1.33 bits per heavy atom. The number of ether oxygens (including phenoxy) is 1. The molecule has 21 heavy (non-hydrogen) atoms. The van der Waals surface area contributed by atoms with Crippen LogP contribution in [0.2, 0.25) is 0 Å². The third-order valence-electron chi connectivity index (χ3n) is 3.14. The first-order valence-electron chi connectivity index (χ1n) is 7.26. The van der Waals surface area contributed by atoms with E-state index < -0.39 is 0 Å². The maximum absolute atomic E-state index is 5.53. The molecule has 0 atom stereocenters. The average molecular weight is 288 g/mol. The zero-order chi connectivity index (χ0) is 15.5. The minimum atomic E-state index is 0.0238. The molecule has 2 rings (SSSR count). The fourth-order valence-corrected chi connectivity index (χ4v) is 2.27. The molecular weight excluding hydrogens is 264 g/mol. The van der Waals surface area contributed by atoms with Crippen LogP contribution < -0.4 is 10.1 Å². The Hall–Kier alpha value is -2.04. The molecule has 5 nitrogen and oxygen atoms in total. The first-order valence-corrected chi connectivity index (χ1v) is 7.26. The van der Waals surface area contributed by atoms with Crippen LogP contribution in [0.3, 0.4) is 0 Å². The highest BCUT2D eigenvalue weighted by molar-refractivity contribution is 5.52. The highest BCUT2D eigenvalue weighted by atomic mass is 16.5. The Labute approximate surface area is 126 Å². The van der Waals surface area contributed by atoms with Gasteiger partial charge in [0.15, 0.2) is 0 Å². The van der Waals surface area contributed by atoms with Gasteiger partial charge in [0.05, 0.1) is 18.0 Å². The molecule has 0 fully saturated rings. The van der Waals surface area contributed by atoms with E-state index in [1.165, 1.54) is 5.56 Å². The fraction of sp³-hybridized carbons (Fsp3) is 0.500. The third-order valence-corrected chi connectivity index (χ3v) is 3.14. The predicted molar refractivity (Wildman–Crippen MR) is 84.6 cm³/mol. The summed E-state index contributed by atoms with van der Waals surface area (Å²) in [5, 5.41) is 7.98. The van der Waals surface area contributed by atoms with E-state index in [0.717, 1.165) is 11.4 Å². The second-order valence-electron chi connectivity index (χ2n) is 6.07. The normalized spacial score (nSPS) is 11.5. The summed E-state index contributed by atoms with van der Waals surface area (Å²) >= 11 is 0. The Morgan fingerprint density at radius 2 is 2.10 bits per heavy atom. The molecule has 2 aromatic heterocycles. The van der Waals surface area contributed by atoms with Gasteiger partial charge in [0, 0.05) is 37.0 Å². The van der Waals surface area contributed by atoms with Gasteiger partial charge in [-0.25, -0.2) is 4.98 Å². The second kappa shape index (κ2) is 6.16. The number of anilines is 1. The molecule has 114 valence electrons. The molecule has 0 aliphatic heterocycles. The Balaban J connectivity index is 2.17. The molecule has 0 aromatic carbocycles. The van der Waals surface area contributed by atoms with E-state index in [1.54, 1.807) is 6.20 Å². The third kappa shape index (κ3) is 3.74. The summed E-state index contributed by atoms with van der Waals surface area (Å²) in [6, 6.07) is 3.88. The van der Waals surface area contributed by atoms with Gasteiger partial charge < -0.3 is 10.1 Å². The number of hydrogen-bond donors (Lipinski definition) is 1. The van der Waals surface area contributed by atoms with Gasteiger partial charge in [-0.1, -0.05) is 20.8 Å². The maximum Gasteiger partial charge on any atom is 0.237 e. The summed E-state index contributed by atoms with van der Waals surface area (Å²) in [5.74, 6) is 0.640. The van der Waals surface area contributed by atoms with Crippen molar-refractivity contribution in [1.29, 1.82) is 0 Å². The molecule has 5 heteroatoms. The predicted octanol–water partition coefficient (Wildman–Crippen LogP) is 3.12. The van der Waals surface area contributed by atoms with Crippen LogP contribution in [0.1, 0.15) is 39.0 Å². The SMILES string of the molecule is CCOc1ncccc1NCc1cn(C)nc1C(C)(C)C. The molecule has 0 aliphatic carbocycles. The molecule has 0 bridgehead atoms. The fourth-order valence-electron chi connectivity index (χ4n) is 2.27. The highest BCUT2D eigenvalue weighted by Crippen LogP contribution is 2.26. The van der Waals surface area contributed by atoms with Crippen LogP contribution >= 0.6 is 0 Å². The van der Waals surface area contributed by atoms with E-state index in [4.69, 9.17) is 4.74 Å². The van der Waals surface area contributed by atoms with Gasteiger partial charge in [0.25, 0.3) is 0 Å². The van der Waals surface area contributed by atoms with E-state index in [-0.39, 0.29) is 5.41 Å². The molecule has 0 spiro atoms. The smallest absolute Gasteiger partial charge is 0.237 e. The monoisotopic (exact) mass is 288 g/mol. The number of nitrogens with one attached hydrogen (secondary N) is 1. The molecule has 0 amide bonds. The van der Waals surface area contributed by atoms with Gasteiger partial charge in [-0.3, -0.25) is 4.68 Å². The molecule has 2 aromatic rings. The largest absolute Gasteiger partial charge is 0.476 e. The zero-order valence-electron chi connectivity index (χ0n) is 13.5. The standard InChI is InChI=1S/C16H24N4O/c1-6-21-15-13(8-7-9-17-15)18-10-12-11-20(5)19-14(12)16(2,3)4/h7-9,11,18H,6,10H2,1-5H3. The first kappa shape index (κ1) is 15.4. The molecule has 0 saturated carbocycles. The van der Waals surface area contributed by atoms with Gasteiger partial charge in [0.2, 0.25) is 5.88 Å². The van der Waals surface area contributed by atoms with Crippen molar-refractivity contribution in [3.8, 4) is 5.88 Å². The number of rotatable bonds is 5. The van der Waals surface area contributed by atoms with Gasteiger partial charge in [-0.15, -0.1) is 0 Å². The van der Waals surface area contributed by atoms with E-state index in [1.807, 2.05) is 30.8 Å². The van der Waals surface area contributed by atoms with Crippen molar-refractivity contribution in [2.45, 2.75) is 39.7 Å². The van der Waals surface area contributed by atoms with Crippen LogP contribution in [0, 0.1) is 0 Å². The quantitative estimate of drug-likeness (QED) is 0.918. The molecule has 1 N–H and O–H groups in total. The molecule has 2 heterocycles. The Bertz CT molecular complexity index is 599. The number of hydrogen-bond acceptors (Lipinski definition) is 4. The van der Waals surface area contributed by atoms with Crippen LogP contribution in [0.25, 0.3) is 0 Å². The second-order valence-corrected chi connectivity index (χ2v) is 6.07. The molecule has 0 radical (unpaired) electrons. The summed E-state index contributed by atoms with van der Waals surface area (Å²) in [5.41, 5.74) is 3.23. The van der Waals surface area contributed by atoms with Crippen molar-refractivity contribution < 1.29 is 4.74 Å². The number of nitrogens with zero attached hydrogens (tertiary/aromatic N) is 3.